The Balaban J connectivity index is 1.74. The van der Waals surface area contributed by atoms with Gasteiger partial charge in [0.1, 0.15) is 0 Å². The van der Waals surface area contributed by atoms with Crippen LogP contribution in [0.2, 0.25) is 0 Å². The molecule has 2 bridgehead atoms. The standard InChI is InChI=1S/C19H16BrNO7/c1-9(22)26-18(27-10(2)23)19-8-7-13(28-19)14-15(19)17(25)21(16(14)24)12-5-3-11(20)4-6-12/h3-8,13-15,18H,1-2H3/t13-,14+,15+,19+/m1/s1. The van der Waals surface area contributed by atoms with E-state index in [1.807, 2.05) is 0 Å². The van der Waals surface area contributed by atoms with Crippen molar-refractivity contribution in [2.45, 2.75) is 31.8 Å². The average Bonchev–Trinajstić information content (AvgIpc) is 3.26. The van der Waals surface area contributed by atoms with E-state index >= 15 is 0 Å². The predicted octanol–water partition coefficient (Wildman–Crippen LogP) is 1.71. The van der Waals surface area contributed by atoms with E-state index in [1.54, 1.807) is 36.4 Å². The van der Waals surface area contributed by atoms with Crippen LogP contribution in [0.4, 0.5) is 5.69 Å². The molecule has 0 unspecified atom stereocenters. The van der Waals surface area contributed by atoms with Crippen molar-refractivity contribution in [2.24, 2.45) is 11.8 Å². The second-order valence-corrected chi connectivity index (χ2v) is 7.75. The molecule has 0 radical (unpaired) electrons. The zero-order chi connectivity index (χ0) is 20.2. The smallest absolute Gasteiger partial charge is 0.305 e. The van der Waals surface area contributed by atoms with Gasteiger partial charge < -0.3 is 14.2 Å². The molecule has 8 nitrogen and oxygen atoms in total. The number of halogens is 1. The topological polar surface area (TPSA) is 99.2 Å². The van der Waals surface area contributed by atoms with Crippen molar-refractivity contribution in [3.63, 3.8) is 0 Å². The number of benzene rings is 1. The van der Waals surface area contributed by atoms with Crippen molar-refractivity contribution in [1.82, 2.24) is 0 Å². The molecule has 4 rings (SSSR count). The first-order valence-corrected chi connectivity index (χ1v) is 9.39. The minimum absolute atomic E-state index is 0.405. The summed E-state index contributed by atoms with van der Waals surface area (Å²) in [7, 11) is 0. The number of imide groups is 1. The van der Waals surface area contributed by atoms with Crippen molar-refractivity contribution in [3.05, 3.63) is 40.9 Å². The highest BCUT2D eigenvalue weighted by molar-refractivity contribution is 9.10. The molecule has 4 atom stereocenters. The van der Waals surface area contributed by atoms with Gasteiger partial charge in [-0.25, -0.2) is 4.90 Å². The van der Waals surface area contributed by atoms with Gasteiger partial charge in [0.05, 0.1) is 23.6 Å². The van der Waals surface area contributed by atoms with Gasteiger partial charge in [0.25, 0.3) is 6.29 Å². The molecule has 146 valence electrons. The number of ether oxygens (including phenoxy) is 3. The Hall–Kier alpha value is -2.52. The third-order valence-corrected chi connectivity index (χ3v) is 5.61. The Kier molecular flexibility index (Phi) is 4.39. The van der Waals surface area contributed by atoms with Crippen LogP contribution >= 0.6 is 15.9 Å². The lowest BCUT2D eigenvalue weighted by atomic mass is 9.76. The van der Waals surface area contributed by atoms with Crippen LogP contribution in [-0.2, 0) is 33.4 Å². The van der Waals surface area contributed by atoms with Crippen LogP contribution in [0.25, 0.3) is 0 Å². The van der Waals surface area contributed by atoms with E-state index in [2.05, 4.69) is 15.9 Å². The number of hydrogen-bond donors (Lipinski definition) is 0. The predicted molar refractivity (Wildman–Crippen MR) is 97.7 cm³/mol. The molecule has 3 heterocycles. The quantitative estimate of drug-likeness (QED) is 0.298. The zero-order valence-electron chi connectivity index (χ0n) is 15.0. The van der Waals surface area contributed by atoms with Crippen LogP contribution in [0.3, 0.4) is 0 Å². The summed E-state index contributed by atoms with van der Waals surface area (Å²) in [6.07, 6.45) is 1.04. The maximum Gasteiger partial charge on any atom is 0.305 e. The van der Waals surface area contributed by atoms with E-state index in [9.17, 15) is 19.2 Å². The van der Waals surface area contributed by atoms with Gasteiger partial charge in [-0.05, 0) is 30.3 Å². The summed E-state index contributed by atoms with van der Waals surface area (Å²) in [4.78, 5) is 50.5. The number of amides is 2. The van der Waals surface area contributed by atoms with E-state index in [-0.39, 0.29) is 0 Å². The fourth-order valence-corrected chi connectivity index (χ4v) is 4.33. The lowest BCUT2D eigenvalue weighted by Gasteiger charge is -2.34. The fourth-order valence-electron chi connectivity index (χ4n) is 4.06. The highest BCUT2D eigenvalue weighted by Crippen LogP contribution is 2.54. The van der Waals surface area contributed by atoms with Gasteiger partial charge in [-0.15, -0.1) is 0 Å². The molecule has 9 heteroatoms. The monoisotopic (exact) mass is 449 g/mol. The first-order valence-electron chi connectivity index (χ1n) is 8.59. The van der Waals surface area contributed by atoms with Crippen molar-refractivity contribution in [3.8, 4) is 0 Å². The van der Waals surface area contributed by atoms with Crippen LogP contribution in [0, 0.1) is 11.8 Å². The summed E-state index contributed by atoms with van der Waals surface area (Å²) in [5.41, 5.74) is -1.11. The van der Waals surface area contributed by atoms with Crippen molar-refractivity contribution in [1.29, 1.82) is 0 Å². The number of carbonyl (C=O) groups is 4. The van der Waals surface area contributed by atoms with Crippen molar-refractivity contribution < 1.29 is 33.4 Å². The number of nitrogens with zero attached hydrogens (tertiary/aromatic N) is 1. The number of fused-ring (bicyclic) bond motifs is 5. The molecule has 0 N–H and O–H groups in total. The SMILES string of the molecule is CC(=O)OC(OC(C)=O)[C@@]12C=C[C@@H](O1)[C@@H]1C(=O)N(c3ccc(Br)cc3)C(=O)[C@H]12. The number of carbonyl (C=O) groups excluding carboxylic acids is 4. The second kappa shape index (κ2) is 6.52. The molecular weight excluding hydrogens is 434 g/mol. The van der Waals surface area contributed by atoms with Crippen LogP contribution in [0.5, 0.6) is 0 Å². The summed E-state index contributed by atoms with van der Waals surface area (Å²) >= 11 is 3.32. The minimum atomic E-state index is -1.54. The summed E-state index contributed by atoms with van der Waals surface area (Å²) in [6.45, 7) is 2.32. The molecule has 1 aromatic carbocycles. The first-order chi connectivity index (χ1) is 13.2. The molecule has 1 aromatic rings. The van der Waals surface area contributed by atoms with Crippen molar-refractivity contribution >= 4 is 45.4 Å². The third-order valence-electron chi connectivity index (χ3n) is 5.08. The lowest BCUT2D eigenvalue weighted by Crippen LogP contribution is -2.52. The zero-order valence-corrected chi connectivity index (χ0v) is 16.5. The summed E-state index contributed by atoms with van der Waals surface area (Å²) in [6, 6.07) is 6.76. The van der Waals surface area contributed by atoms with E-state index in [1.165, 1.54) is 0 Å². The molecule has 0 aliphatic carbocycles. The largest absolute Gasteiger partial charge is 0.422 e. The lowest BCUT2D eigenvalue weighted by molar-refractivity contribution is -0.226. The molecule has 2 saturated heterocycles. The maximum atomic E-state index is 13.3. The Labute approximate surface area is 168 Å². The van der Waals surface area contributed by atoms with Gasteiger partial charge in [0, 0.05) is 18.3 Å². The molecule has 2 fully saturated rings. The number of anilines is 1. The molecule has 3 aliphatic rings. The normalized spacial score (nSPS) is 30.1. The van der Waals surface area contributed by atoms with Crippen molar-refractivity contribution in [2.75, 3.05) is 4.90 Å². The summed E-state index contributed by atoms with van der Waals surface area (Å²) < 4.78 is 17.0. The third kappa shape index (κ3) is 2.68. The molecule has 0 saturated carbocycles. The van der Waals surface area contributed by atoms with Gasteiger partial charge in [-0.2, -0.15) is 0 Å². The van der Waals surface area contributed by atoms with Gasteiger partial charge in [0.15, 0.2) is 5.60 Å². The highest BCUT2D eigenvalue weighted by atomic mass is 79.9. The van der Waals surface area contributed by atoms with E-state index < -0.39 is 53.6 Å². The van der Waals surface area contributed by atoms with Gasteiger partial charge >= 0.3 is 11.9 Å². The fraction of sp³-hybridized carbons (Fsp3) is 0.368. The minimum Gasteiger partial charge on any atom is -0.422 e. The molecular formula is C19H16BrNO7. The van der Waals surface area contributed by atoms with Crippen LogP contribution in [-0.4, -0.2) is 41.7 Å². The maximum absolute atomic E-state index is 13.3. The molecule has 3 aliphatic heterocycles. The first kappa shape index (κ1) is 18.8. The number of rotatable bonds is 4. The molecule has 0 aromatic heterocycles. The van der Waals surface area contributed by atoms with Gasteiger partial charge in [0.2, 0.25) is 11.8 Å². The molecule has 0 spiro atoms. The average molecular weight is 450 g/mol. The molecule has 28 heavy (non-hydrogen) atoms. The summed E-state index contributed by atoms with van der Waals surface area (Å²) in [5, 5.41) is 0. The van der Waals surface area contributed by atoms with Gasteiger partial charge in [-0.1, -0.05) is 22.0 Å². The Morgan fingerprint density at radius 2 is 1.71 bits per heavy atom. The highest BCUT2D eigenvalue weighted by Gasteiger charge is 2.72. The summed E-state index contributed by atoms with van der Waals surface area (Å²) in [5.74, 6) is -4.05. The van der Waals surface area contributed by atoms with Crippen LogP contribution in [0.15, 0.2) is 40.9 Å². The van der Waals surface area contributed by atoms with Crippen LogP contribution < -0.4 is 4.90 Å². The van der Waals surface area contributed by atoms with Crippen LogP contribution in [0.1, 0.15) is 13.8 Å². The Morgan fingerprint density at radius 1 is 1.11 bits per heavy atom. The Morgan fingerprint density at radius 3 is 2.29 bits per heavy atom. The van der Waals surface area contributed by atoms with E-state index in [0.29, 0.717) is 5.69 Å². The second-order valence-electron chi connectivity index (χ2n) is 6.84. The van der Waals surface area contributed by atoms with E-state index in [0.717, 1.165) is 23.2 Å². The van der Waals surface area contributed by atoms with Gasteiger partial charge in [-0.3, -0.25) is 19.2 Å². The number of esters is 2. The Bertz CT molecular complexity index is 895. The number of hydrogen-bond acceptors (Lipinski definition) is 7. The van der Waals surface area contributed by atoms with E-state index in [4.69, 9.17) is 14.2 Å². The molecule has 2 amide bonds.